The number of hydrogen-bond donors (Lipinski definition) is 2. The van der Waals surface area contributed by atoms with Crippen molar-refractivity contribution in [2.45, 2.75) is 25.9 Å². The Morgan fingerprint density at radius 2 is 1.95 bits per heavy atom. The molecule has 0 saturated heterocycles. The van der Waals surface area contributed by atoms with Crippen LogP contribution in [0.5, 0.6) is 0 Å². The minimum atomic E-state index is -0.326. The van der Waals surface area contributed by atoms with Crippen LogP contribution in [-0.4, -0.2) is 42.2 Å². The maximum atomic E-state index is 11.9. The molecule has 112 valence electrons. The number of carbonyl (C=O) groups is 1. The predicted octanol–water partition coefficient (Wildman–Crippen LogP) is 3.02. The normalized spacial score (nSPS) is 12.5. The van der Waals surface area contributed by atoms with Gasteiger partial charge in [-0.25, -0.2) is 0 Å². The van der Waals surface area contributed by atoms with Crippen LogP contribution in [-0.2, 0) is 4.79 Å². The molecule has 0 aliphatic rings. The van der Waals surface area contributed by atoms with Gasteiger partial charge >= 0.3 is 0 Å². The van der Waals surface area contributed by atoms with Gasteiger partial charge in [0.2, 0.25) is 5.91 Å². The van der Waals surface area contributed by atoms with E-state index in [4.69, 9.17) is 23.2 Å². The molecule has 0 heterocycles. The van der Waals surface area contributed by atoms with E-state index >= 15 is 0 Å². The Labute approximate surface area is 129 Å². The average Bonchev–Trinajstić information content (AvgIpc) is 2.38. The fraction of sp³-hybridized carbons (Fsp3) is 0.500. The molecule has 1 atom stereocenters. The maximum Gasteiger partial charge on any atom is 0.225 e. The molecule has 0 aliphatic heterocycles. The largest absolute Gasteiger partial charge is 0.393 e. The molecule has 20 heavy (non-hydrogen) atoms. The standard InChI is InChI=1S/C14H20Cl2N2O2/c1-10(19)6-8-18(2)9-7-13(20)17-14-11(15)4-3-5-12(14)16/h3-5,10,19H,6-9H2,1-2H3,(H,17,20). The number of amides is 1. The first-order valence-electron chi connectivity index (χ1n) is 6.50. The zero-order valence-corrected chi connectivity index (χ0v) is 13.2. The van der Waals surface area contributed by atoms with Crippen molar-refractivity contribution >= 4 is 34.8 Å². The lowest BCUT2D eigenvalue weighted by Crippen LogP contribution is -2.27. The van der Waals surface area contributed by atoms with Crippen LogP contribution in [0.1, 0.15) is 19.8 Å². The summed E-state index contributed by atoms with van der Waals surface area (Å²) in [6.07, 6.45) is 0.708. The third-order valence-electron chi connectivity index (χ3n) is 2.88. The number of hydrogen-bond acceptors (Lipinski definition) is 3. The summed E-state index contributed by atoms with van der Waals surface area (Å²) >= 11 is 12.0. The number of carbonyl (C=O) groups excluding carboxylic acids is 1. The van der Waals surface area contributed by atoms with Crippen molar-refractivity contribution in [3.8, 4) is 0 Å². The van der Waals surface area contributed by atoms with Gasteiger partial charge in [0.05, 0.1) is 21.8 Å². The highest BCUT2D eigenvalue weighted by molar-refractivity contribution is 6.39. The first-order chi connectivity index (χ1) is 9.40. The summed E-state index contributed by atoms with van der Waals surface area (Å²) in [5.74, 6) is -0.135. The third kappa shape index (κ3) is 6.09. The minimum absolute atomic E-state index is 0.135. The molecule has 1 aromatic carbocycles. The monoisotopic (exact) mass is 318 g/mol. The van der Waals surface area contributed by atoms with E-state index in [2.05, 4.69) is 5.32 Å². The van der Waals surface area contributed by atoms with Crippen LogP contribution in [0.4, 0.5) is 5.69 Å². The van der Waals surface area contributed by atoms with Gasteiger partial charge in [0, 0.05) is 19.5 Å². The number of aliphatic hydroxyl groups excluding tert-OH is 1. The first kappa shape index (κ1) is 17.2. The number of rotatable bonds is 7. The van der Waals surface area contributed by atoms with Crippen molar-refractivity contribution in [2.75, 3.05) is 25.5 Å². The van der Waals surface area contributed by atoms with Crippen LogP contribution < -0.4 is 5.32 Å². The molecular weight excluding hydrogens is 299 g/mol. The van der Waals surface area contributed by atoms with E-state index < -0.39 is 0 Å². The molecule has 1 aromatic rings. The van der Waals surface area contributed by atoms with Gasteiger partial charge in [-0.05, 0) is 32.5 Å². The molecule has 1 amide bonds. The summed E-state index contributed by atoms with van der Waals surface area (Å²) in [4.78, 5) is 13.9. The maximum absolute atomic E-state index is 11.9. The van der Waals surface area contributed by atoms with Gasteiger partial charge in [0.25, 0.3) is 0 Å². The molecule has 0 fully saturated rings. The lowest BCUT2D eigenvalue weighted by atomic mass is 10.2. The van der Waals surface area contributed by atoms with Crippen molar-refractivity contribution in [3.63, 3.8) is 0 Å². The average molecular weight is 319 g/mol. The molecule has 0 spiro atoms. The fourth-order valence-electron chi connectivity index (χ4n) is 1.63. The van der Waals surface area contributed by atoms with Gasteiger partial charge in [-0.1, -0.05) is 29.3 Å². The topological polar surface area (TPSA) is 52.6 Å². The Balaban J connectivity index is 2.40. The summed E-state index contributed by atoms with van der Waals surface area (Å²) in [5.41, 5.74) is 0.451. The van der Waals surface area contributed by atoms with Crippen molar-refractivity contribution in [3.05, 3.63) is 28.2 Å². The van der Waals surface area contributed by atoms with Crippen molar-refractivity contribution < 1.29 is 9.90 Å². The summed E-state index contributed by atoms with van der Waals surface area (Å²) in [6, 6.07) is 5.08. The Kier molecular flexibility index (Phi) is 7.30. The molecule has 0 aliphatic carbocycles. The molecule has 2 N–H and O–H groups in total. The number of nitrogens with one attached hydrogen (secondary N) is 1. The number of aliphatic hydroxyl groups is 1. The number of nitrogens with zero attached hydrogens (tertiary/aromatic N) is 1. The molecule has 0 aromatic heterocycles. The fourth-order valence-corrected chi connectivity index (χ4v) is 2.12. The van der Waals surface area contributed by atoms with Gasteiger partial charge < -0.3 is 15.3 Å². The van der Waals surface area contributed by atoms with Gasteiger partial charge in [-0.3, -0.25) is 4.79 Å². The predicted molar refractivity (Wildman–Crippen MR) is 83.5 cm³/mol. The summed E-state index contributed by atoms with van der Waals surface area (Å²) in [5, 5.41) is 12.8. The van der Waals surface area contributed by atoms with Crippen molar-refractivity contribution in [2.24, 2.45) is 0 Å². The van der Waals surface area contributed by atoms with E-state index in [0.29, 0.717) is 35.1 Å². The minimum Gasteiger partial charge on any atom is -0.393 e. The molecular formula is C14H20Cl2N2O2. The lowest BCUT2D eigenvalue weighted by molar-refractivity contribution is -0.116. The molecule has 0 radical (unpaired) electrons. The highest BCUT2D eigenvalue weighted by atomic mass is 35.5. The van der Waals surface area contributed by atoms with Crippen LogP contribution in [0.15, 0.2) is 18.2 Å². The molecule has 0 saturated carbocycles. The van der Waals surface area contributed by atoms with Gasteiger partial charge in [-0.2, -0.15) is 0 Å². The van der Waals surface area contributed by atoms with E-state index in [-0.39, 0.29) is 12.0 Å². The van der Waals surface area contributed by atoms with E-state index in [0.717, 1.165) is 6.54 Å². The smallest absolute Gasteiger partial charge is 0.225 e. The molecule has 1 rings (SSSR count). The summed E-state index contributed by atoms with van der Waals surface area (Å²) in [7, 11) is 1.91. The summed E-state index contributed by atoms with van der Waals surface area (Å²) in [6.45, 7) is 3.11. The van der Waals surface area contributed by atoms with E-state index in [1.54, 1.807) is 25.1 Å². The third-order valence-corrected chi connectivity index (χ3v) is 3.51. The number of benzene rings is 1. The number of para-hydroxylation sites is 1. The Hall–Kier alpha value is -0.810. The van der Waals surface area contributed by atoms with E-state index in [1.165, 1.54) is 0 Å². The zero-order chi connectivity index (χ0) is 15.1. The Bertz CT molecular complexity index is 433. The lowest BCUT2D eigenvalue weighted by Gasteiger charge is -2.17. The highest BCUT2D eigenvalue weighted by Gasteiger charge is 2.10. The number of anilines is 1. The Morgan fingerprint density at radius 1 is 1.35 bits per heavy atom. The molecule has 1 unspecified atom stereocenters. The highest BCUT2D eigenvalue weighted by Crippen LogP contribution is 2.29. The molecule has 0 bridgehead atoms. The van der Waals surface area contributed by atoms with Crippen LogP contribution >= 0.6 is 23.2 Å². The molecule has 4 nitrogen and oxygen atoms in total. The quantitative estimate of drug-likeness (QED) is 0.812. The Morgan fingerprint density at radius 3 is 2.50 bits per heavy atom. The van der Waals surface area contributed by atoms with Crippen LogP contribution in [0.25, 0.3) is 0 Å². The first-order valence-corrected chi connectivity index (χ1v) is 7.26. The molecule has 6 heteroatoms. The number of halogens is 2. The van der Waals surface area contributed by atoms with E-state index in [9.17, 15) is 9.90 Å². The van der Waals surface area contributed by atoms with Gasteiger partial charge in [0.1, 0.15) is 0 Å². The van der Waals surface area contributed by atoms with Gasteiger partial charge in [0.15, 0.2) is 0 Å². The van der Waals surface area contributed by atoms with Gasteiger partial charge in [-0.15, -0.1) is 0 Å². The van der Waals surface area contributed by atoms with E-state index in [1.807, 2.05) is 11.9 Å². The zero-order valence-electron chi connectivity index (χ0n) is 11.7. The van der Waals surface area contributed by atoms with Crippen molar-refractivity contribution in [1.29, 1.82) is 0 Å². The second kappa shape index (κ2) is 8.47. The second-order valence-corrected chi connectivity index (χ2v) is 5.65. The van der Waals surface area contributed by atoms with Crippen molar-refractivity contribution in [1.82, 2.24) is 4.90 Å². The summed E-state index contributed by atoms with van der Waals surface area (Å²) < 4.78 is 0. The SMILES string of the molecule is CC(O)CCN(C)CCC(=O)Nc1c(Cl)cccc1Cl. The second-order valence-electron chi connectivity index (χ2n) is 4.84. The van der Waals surface area contributed by atoms with Crippen LogP contribution in [0.2, 0.25) is 10.0 Å². The van der Waals surface area contributed by atoms with Crippen LogP contribution in [0.3, 0.4) is 0 Å². The van der Waals surface area contributed by atoms with Crippen LogP contribution in [0, 0.1) is 0 Å².